The van der Waals surface area contributed by atoms with Crippen LogP contribution in [0.25, 0.3) is 0 Å². The number of carbonyl (C=O) groups excluding carboxylic acids is 2. The quantitative estimate of drug-likeness (QED) is 0.446. The third kappa shape index (κ3) is 4.55. The average molecular weight is 420 g/mol. The Kier molecular flexibility index (Phi) is 6.19. The van der Waals surface area contributed by atoms with Gasteiger partial charge in [0.25, 0.3) is 0 Å². The van der Waals surface area contributed by atoms with Crippen molar-refractivity contribution in [2.45, 2.75) is 16.7 Å². The molecule has 0 aliphatic rings. The van der Waals surface area contributed by atoms with E-state index in [1.165, 1.54) is 6.92 Å². The van der Waals surface area contributed by atoms with Crippen LogP contribution in [0.15, 0.2) is 15.9 Å². The molecule has 0 saturated carbocycles. The topological polar surface area (TPSA) is 176 Å². The summed E-state index contributed by atoms with van der Waals surface area (Å²) in [5, 5.41) is 10.4. The van der Waals surface area contributed by atoms with Crippen LogP contribution in [0.3, 0.4) is 0 Å². The lowest BCUT2D eigenvalue weighted by Gasteiger charge is -2.14. The molecule has 0 saturated heterocycles. The molecule has 5 N–H and O–H groups in total. The monoisotopic (exact) mass is 419 g/mol. The third-order valence-corrected chi connectivity index (χ3v) is 5.30. The molecule has 0 aliphatic heterocycles. The number of nitrogens with one attached hydrogen (secondary N) is 1. The lowest BCUT2D eigenvalue weighted by molar-refractivity contribution is -0.152. The first kappa shape index (κ1) is 20.6. The molecule has 0 bridgehead atoms. The SMILES string of the molecule is CCOC(=O)C(=O)Nc1c(S(N)(=O)=O)cc(S(N)(=O)=O)c(Cl)c1Cl. The molecule has 0 atom stereocenters. The number of esters is 1. The van der Waals surface area contributed by atoms with Gasteiger partial charge in [0.1, 0.15) is 9.79 Å². The summed E-state index contributed by atoms with van der Waals surface area (Å²) in [4.78, 5) is 21.3. The molecule has 134 valence electrons. The normalized spacial score (nSPS) is 11.9. The smallest absolute Gasteiger partial charge is 0.397 e. The van der Waals surface area contributed by atoms with Crippen LogP contribution in [-0.2, 0) is 34.4 Å². The Morgan fingerprint density at radius 1 is 1.08 bits per heavy atom. The summed E-state index contributed by atoms with van der Waals surface area (Å²) < 4.78 is 50.6. The zero-order chi connectivity index (χ0) is 18.9. The Balaban J connectivity index is 3.64. The summed E-state index contributed by atoms with van der Waals surface area (Å²) in [5.41, 5.74) is -0.686. The van der Waals surface area contributed by atoms with Gasteiger partial charge in [-0.2, -0.15) is 0 Å². The molecule has 14 heteroatoms. The summed E-state index contributed by atoms with van der Waals surface area (Å²) in [5.74, 6) is -2.70. The minimum atomic E-state index is -4.57. The molecule has 1 aromatic carbocycles. The number of benzene rings is 1. The third-order valence-electron chi connectivity index (χ3n) is 2.45. The molecular formula is C10H11Cl2N3O7S2. The van der Waals surface area contributed by atoms with Crippen LogP contribution in [-0.4, -0.2) is 35.3 Å². The number of hydrogen-bond acceptors (Lipinski definition) is 7. The van der Waals surface area contributed by atoms with E-state index in [4.69, 9.17) is 33.5 Å². The molecular weight excluding hydrogens is 409 g/mol. The number of hydrogen-bond donors (Lipinski definition) is 3. The predicted octanol–water partition coefficient (Wildman–Crippen LogP) is -0.210. The number of anilines is 1. The van der Waals surface area contributed by atoms with E-state index in [0.717, 1.165) is 0 Å². The molecule has 1 rings (SSSR count). The fourth-order valence-corrected chi connectivity index (χ4v) is 3.75. The van der Waals surface area contributed by atoms with Crippen molar-refractivity contribution < 1.29 is 31.2 Å². The molecule has 24 heavy (non-hydrogen) atoms. The number of ether oxygens (including phenoxy) is 1. The maximum Gasteiger partial charge on any atom is 0.397 e. The highest BCUT2D eigenvalue weighted by molar-refractivity contribution is 7.90. The van der Waals surface area contributed by atoms with Crippen molar-refractivity contribution in [3.63, 3.8) is 0 Å². The fourth-order valence-electron chi connectivity index (χ4n) is 1.49. The van der Waals surface area contributed by atoms with Crippen LogP contribution in [0.4, 0.5) is 5.69 Å². The van der Waals surface area contributed by atoms with E-state index in [9.17, 15) is 26.4 Å². The Morgan fingerprint density at radius 2 is 1.58 bits per heavy atom. The highest BCUT2D eigenvalue weighted by Crippen LogP contribution is 2.39. The number of rotatable bonds is 4. The average Bonchev–Trinajstić information content (AvgIpc) is 2.41. The summed E-state index contributed by atoms with van der Waals surface area (Å²) in [6.45, 7) is 1.32. The Morgan fingerprint density at radius 3 is 2.00 bits per heavy atom. The van der Waals surface area contributed by atoms with E-state index in [-0.39, 0.29) is 6.61 Å². The van der Waals surface area contributed by atoms with E-state index in [2.05, 4.69) is 4.74 Å². The van der Waals surface area contributed by atoms with Gasteiger partial charge in [-0.1, -0.05) is 23.2 Å². The van der Waals surface area contributed by atoms with Crippen molar-refractivity contribution >= 4 is 60.8 Å². The Hall–Kier alpha value is -1.44. The first-order valence-electron chi connectivity index (χ1n) is 5.86. The van der Waals surface area contributed by atoms with Crippen molar-refractivity contribution in [3.05, 3.63) is 16.1 Å². The van der Waals surface area contributed by atoms with Gasteiger partial charge in [-0.25, -0.2) is 31.9 Å². The lowest BCUT2D eigenvalue weighted by Crippen LogP contribution is -2.27. The predicted molar refractivity (Wildman–Crippen MR) is 84.5 cm³/mol. The van der Waals surface area contributed by atoms with Crippen LogP contribution < -0.4 is 15.6 Å². The van der Waals surface area contributed by atoms with Crippen LogP contribution in [0.1, 0.15) is 6.92 Å². The van der Waals surface area contributed by atoms with Crippen molar-refractivity contribution in [2.75, 3.05) is 11.9 Å². The molecule has 1 aromatic rings. The second kappa shape index (κ2) is 7.21. The van der Waals surface area contributed by atoms with Crippen LogP contribution in [0.2, 0.25) is 10.0 Å². The van der Waals surface area contributed by atoms with Crippen molar-refractivity contribution in [1.82, 2.24) is 0 Å². The maximum absolute atomic E-state index is 11.7. The number of carbonyl (C=O) groups is 2. The first-order valence-corrected chi connectivity index (χ1v) is 9.71. The van der Waals surface area contributed by atoms with E-state index in [1.807, 2.05) is 5.32 Å². The standard InChI is InChI=1S/C10H11Cl2N3O7S2/c1-2-22-10(17)9(16)15-8-5(24(14,20)21)3-4(23(13,18)19)6(11)7(8)12/h3H,2H2,1H3,(H,15,16)(H2,13,18,19)(H2,14,20,21). The maximum atomic E-state index is 11.7. The zero-order valence-corrected chi connectivity index (χ0v) is 15.0. The molecule has 10 nitrogen and oxygen atoms in total. The molecule has 0 aromatic heterocycles. The summed E-state index contributed by atoms with van der Waals surface area (Å²) in [6.07, 6.45) is 0. The van der Waals surface area contributed by atoms with Gasteiger partial charge in [-0.3, -0.25) is 4.79 Å². The van der Waals surface area contributed by atoms with Crippen molar-refractivity contribution in [1.29, 1.82) is 0 Å². The molecule has 0 unspecified atom stereocenters. The van der Waals surface area contributed by atoms with E-state index in [1.54, 1.807) is 0 Å². The number of nitrogens with two attached hydrogens (primary N) is 2. The van der Waals surface area contributed by atoms with Crippen LogP contribution in [0.5, 0.6) is 0 Å². The molecule has 1 amide bonds. The van der Waals surface area contributed by atoms with Crippen molar-refractivity contribution in [3.8, 4) is 0 Å². The van der Waals surface area contributed by atoms with Gasteiger partial charge < -0.3 is 10.1 Å². The van der Waals surface area contributed by atoms with Gasteiger partial charge in [-0.15, -0.1) is 0 Å². The minimum Gasteiger partial charge on any atom is -0.459 e. The molecule has 0 spiro atoms. The first-order chi connectivity index (χ1) is 10.8. The van der Waals surface area contributed by atoms with E-state index < -0.39 is 57.4 Å². The highest BCUT2D eigenvalue weighted by Gasteiger charge is 2.28. The number of primary sulfonamides is 2. The van der Waals surface area contributed by atoms with Crippen LogP contribution in [0, 0.1) is 0 Å². The highest BCUT2D eigenvalue weighted by atomic mass is 35.5. The van der Waals surface area contributed by atoms with Gasteiger partial charge in [0.05, 0.1) is 22.3 Å². The Labute approximate surface area is 147 Å². The Bertz CT molecular complexity index is 913. The summed E-state index contributed by atoms with van der Waals surface area (Å²) in [7, 11) is -9.02. The van der Waals surface area contributed by atoms with E-state index in [0.29, 0.717) is 6.07 Å². The molecule has 0 aliphatic carbocycles. The van der Waals surface area contributed by atoms with Crippen LogP contribution >= 0.6 is 23.2 Å². The second-order valence-corrected chi connectivity index (χ2v) is 7.96. The van der Waals surface area contributed by atoms with Gasteiger partial charge in [0, 0.05) is 0 Å². The number of halogens is 2. The lowest BCUT2D eigenvalue weighted by atomic mass is 10.3. The van der Waals surface area contributed by atoms with Crippen molar-refractivity contribution in [2.24, 2.45) is 10.3 Å². The fraction of sp³-hybridized carbons (Fsp3) is 0.200. The molecule has 0 radical (unpaired) electrons. The van der Waals surface area contributed by atoms with E-state index >= 15 is 0 Å². The zero-order valence-electron chi connectivity index (χ0n) is 11.9. The largest absolute Gasteiger partial charge is 0.459 e. The van der Waals surface area contributed by atoms with Gasteiger partial charge >= 0.3 is 11.9 Å². The van der Waals surface area contributed by atoms with Gasteiger partial charge in [-0.05, 0) is 13.0 Å². The number of sulfonamides is 2. The minimum absolute atomic E-state index is 0.118. The molecule has 0 fully saturated rings. The molecule has 0 heterocycles. The summed E-state index contributed by atoms with van der Waals surface area (Å²) >= 11 is 11.5. The second-order valence-electron chi connectivity index (χ2n) is 4.14. The van der Waals surface area contributed by atoms with Gasteiger partial charge in [0.2, 0.25) is 20.0 Å². The number of amides is 1. The summed E-state index contributed by atoms with van der Waals surface area (Å²) in [6, 6.07) is 0.514. The van der Waals surface area contributed by atoms with Gasteiger partial charge in [0.15, 0.2) is 0 Å².